The number of carbonyl (C=O) groups is 2. The number of anilines is 1. The van der Waals surface area contributed by atoms with E-state index in [0.29, 0.717) is 29.1 Å². The average Bonchev–Trinajstić information content (AvgIpc) is 2.73. The summed E-state index contributed by atoms with van der Waals surface area (Å²) in [7, 11) is 1.56. The summed E-state index contributed by atoms with van der Waals surface area (Å²) in [6.45, 7) is 4.38. The first-order valence-electron chi connectivity index (χ1n) is 9.36. The number of carbonyl (C=O) groups excluding carboxylic acids is 2. The van der Waals surface area contributed by atoms with Crippen LogP contribution in [0.5, 0.6) is 5.75 Å². The van der Waals surface area contributed by atoms with E-state index in [-0.39, 0.29) is 11.8 Å². The van der Waals surface area contributed by atoms with E-state index in [2.05, 4.69) is 10.6 Å². The Kier molecular flexibility index (Phi) is 6.29. The van der Waals surface area contributed by atoms with E-state index in [9.17, 15) is 9.59 Å². The van der Waals surface area contributed by atoms with Crippen LogP contribution >= 0.6 is 0 Å². The van der Waals surface area contributed by atoms with Crippen LogP contribution in [-0.4, -0.2) is 18.9 Å². The predicted octanol–water partition coefficient (Wildman–Crippen LogP) is 4.49. The fraction of sp³-hybridized carbons (Fsp3) is 0.167. The van der Waals surface area contributed by atoms with Gasteiger partial charge in [0.15, 0.2) is 0 Å². The molecule has 3 aromatic rings. The summed E-state index contributed by atoms with van der Waals surface area (Å²) in [4.78, 5) is 25.2. The van der Waals surface area contributed by atoms with Gasteiger partial charge >= 0.3 is 0 Å². The number of amides is 2. The third-order valence-corrected chi connectivity index (χ3v) is 4.69. The molecule has 0 saturated carbocycles. The topological polar surface area (TPSA) is 67.4 Å². The van der Waals surface area contributed by atoms with Gasteiger partial charge in [-0.05, 0) is 60.9 Å². The molecule has 3 rings (SSSR count). The van der Waals surface area contributed by atoms with E-state index in [1.165, 1.54) is 0 Å². The lowest BCUT2D eigenvalue weighted by Gasteiger charge is -2.12. The molecule has 0 atom stereocenters. The Labute approximate surface area is 170 Å². The molecule has 0 aliphatic rings. The molecule has 2 N–H and O–H groups in total. The van der Waals surface area contributed by atoms with Crippen molar-refractivity contribution in [2.45, 2.75) is 20.4 Å². The van der Waals surface area contributed by atoms with Crippen LogP contribution < -0.4 is 15.4 Å². The van der Waals surface area contributed by atoms with Crippen molar-refractivity contribution in [1.82, 2.24) is 5.32 Å². The molecule has 0 radical (unpaired) electrons. The molecule has 0 heterocycles. The lowest BCUT2D eigenvalue weighted by Crippen LogP contribution is -2.23. The van der Waals surface area contributed by atoms with Crippen LogP contribution in [0.4, 0.5) is 5.69 Å². The van der Waals surface area contributed by atoms with Crippen molar-refractivity contribution in [3.63, 3.8) is 0 Å². The molecule has 0 aromatic heterocycles. The fourth-order valence-corrected chi connectivity index (χ4v) is 3.00. The SMILES string of the molecule is COc1ccc(C)cc1NC(=O)c1cccc(C(=O)NCc2ccccc2C)c1. The van der Waals surface area contributed by atoms with Crippen LogP contribution in [0.2, 0.25) is 0 Å². The zero-order valence-electron chi connectivity index (χ0n) is 16.8. The van der Waals surface area contributed by atoms with Gasteiger partial charge < -0.3 is 15.4 Å². The highest BCUT2D eigenvalue weighted by Gasteiger charge is 2.13. The molecule has 0 fully saturated rings. The summed E-state index contributed by atoms with van der Waals surface area (Å²) in [5, 5.41) is 5.76. The highest BCUT2D eigenvalue weighted by molar-refractivity contribution is 6.06. The number of hydrogen-bond acceptors (Lipinski definition) is 3. The molecule has 5 nitrogen and oxygen atoms in total. The normalized spacial score (nSPS) is 10.3. The van der Waals surface area contributed by atoms with E-state index in [1.807, 2.05) is 50.2 Å². The summed E-state index contributed by atoms with van der Waals surface area (Å²) in [6, 6.07) is 20.1. The number of rotatable bonds is 6. The van der Waals surface area contributed by atoms with Gasteiger partial charge in [0.25, 0.3) is 11.8 Å². The van der Waals surface area contributed by atoms with Gasteiger partial charge in [-0.1, -0.05) is 36.4 Å². The summed E-state index contributed by atoms with van der Waals surface area (Å²) in [5.41, 5.74) is 4.60. The van der Waals surface area contributed by atoms with Crippen LogP contribution in [0.1, 0.15) is 37.4 Å². The second-order valence-corrected chi connectivity index (χ2v) is 6.85. The fourth-order valence-electron chi connectivity index (χ4n) is 3.00. The number of nitrogens with one attached hydrogen (secondary N) is 2. The van der Waals surface area contributed by atoms with E-state index >= 15 is 0 Å². The zero-order chi connectivity index (χ0) is 20.8. The van der Waals surface area contributed by atoms with Crippen LogP contribution in [0.25, 0.3) is 0 Å². The minimum absolute atomic E-state index is 0.226. The van der Waals surface area contributed by atoms with Crippen LogP contribution in [0, 0.1) is 13.8 Å². The quantitative estimate of drug-likeness (QED) is 0.654. The second-order valence-electron chi connectivity index (χ2n) is 6.85. The first-order chi connectivity index (χ1) is 14.0. The molecule has 0 unspecified atom stereocenters. The summed E-state index contributed by atoms with van der Waals surface area (Å²) in [5.74, 6) is 0.0505. The lowest BCUT2D eigenvalue weighted by molar-refractivity contribution is 0.0951. The van der Waals surface area contributed by atoms with Gasteiger partial charge in [0.2, 0.25) is 0 Å². The standard InChI is InChI=1S/C24H24N2O3/c1-16-11-12-22(29-3)21(13-16)26-24(28)19-10-6-9-18(14-19)23(27)25-15-20-8-5-4-7-17(20)2/h4-14H,15H2,1-3H3,(H,25,27)(H,26,28). The third kappa shape index (κ3) is 5.02. The number of ether oxygens (including phenoxy) is 1. The van der Waals surface area contributed by atoms with Crippen molar-refractivity contribution >= 4 is 17.5 Å². The monoisotopic (exact) mass is 388 g/mol. The van der Waals surface area contributed by atoms with Gasteiger partial charge in [0.1, 0.15) is 5.75 Å². The smallest absolute Gasteiger partial charge is 0.255 e. The first-order valence-corrected chi connectivity index (χ1v) is 9.36. The molecule has 0 bridgehead atoms. The third-order valence-electron chi connectivity index (χ3n) is 4.69. The largest absolute Gasteiger partial charge is 0.495 e. The number of hydrogen-bond donors (Lipinski definition) is 2. The zero-order valence-corrected chi connectivity index (χ0v) is 16.8. The minimum atomic E-state index is -0.303. The van der Waals surface area contributed by atoms with Crippen molar-refractivity contribution in [3.05, 3.63) is 94.5 Å². The van der Waals surface area contributed by atoms with E-state index in [0.717, 1.165) is 16.7 Å². The van der Waals surface area contributed by atoms with E-state index in [1.54, 1.807) is 37.4 Å². The second kappa shape index (κ2) is 9.06. The van der Waals surface area contributed by atoms with E-state index < -0.39 is 0 Å². The van der Waals surface area contributed by atoms with E-state index in [4.69, 9.17) is 4.74 Å². The Bertz CT molecular complexity index is 1040. The minimum Gasteiger partial charge on any atom is -0.495 e. The lowest BCUT2D eigenvalue weighted by atomic mass is 10.1. The highest BCUT2D eigenvalue weighted by Crippen LogP contribution is 2.25. The predicted molar refractivity (Wildman–Crippen MR) is 114 cm³/mol. The molecule has 0 aliphatic heterocycles. The van der Waals surface area contributed by atoms with Crippen molar-refractivity contribution in [2.24, 2.45) is 0 Å². The highest BCUT2D eigenvalue weighted by atomic mass is 16.5. The molecular weight excluding hydrogens is 364 g/mol. The van der Waals surface area contributed by atoms with Gasteiger partial charge in [-0.25, -0.2) is 0 Å². The van der Waals surface area contributed by atoms with Gasteiger partial charge in [-0.15, -0.1) is 0 Å². The Balaban J connectivity index is 1.72. The Morgan fingerprint density at radius 1 is 0.862 bits per heavy atom. The summed E-state index contributed by atoms with van der Waals surface area (Å²) < 4.78 is 5.30. The molecular formula is C24H24N2O3. The summed E-state index contributed by atoms with van der Waals surface area (Å²) in [6.07, 6.45) is 0. The number of aryl methyl sites for hydroxylation is 2. The maximum atomic E-state index is 12.7. The van der Waals surface area contributed by atoms with Gasteiger partial charge in [0.05, 0.1) is 12.8 Å². The molecule has 5 heteroatoms. The van der Waals surface area contributed by atoms with Crippen molar-refractivity contribution in [2.75, 3.05) is 12.4 Å². The average molecular weight is 388 g/mol. The summed E-state index contributed by atoms with van der Waals surface area (Å²) >= 11 is 0. The molecule has 29 heavy (non-hydrogen) atoms. The van der Waals surface area contributed by atoms with Gasteiger partial charge in [-0.3, -0.25) is 9.59 Å². The van der Waals surface area contributed by atoms with Crippen LogP contribution in [-0.2, 0) is 6.54 Å². The van der Waals surface area contributed by atoms with Crippen molar-refractivity contribution in [3.8, 4) is 5.75 Å². The first kappa shape index (κ1) is 20.1. The van der Waals surface area contributed by atoms with Crippen LogP contribution in [0.3, 0.4) is 0 Å². The van der Waals surface area contributed by atoms with Crippen molar-refractivity contribution in [1.29, 1.82) is 0 Å². The Morgan fingerprint density at radius 3 is 2.31 bits per heavy atom. The molecule has 3 aromatic carbocycles. The number of methoxy groups -OCH3 is 1. The number of benzene rings is 3. The van der Waals surface area contributed by atoms with Gasteiger partial charge in [0, 0.05) is 17.7 Å². The maximum absolute atomic E-state index is 12.7. The molecule has 2 amide bonds. The Hall–Kier alpha value is -3.60. The molecule has 0 spiro atoms. The van der Waals surface area contributed by atoms with Crippen molar-refractivity contribution < 1.29 is 14.3 Å². The Morgan fingerprint density at radius 2 is 1.59 bits per heavy atom. The molecule has 0 saturated heterocycles. The maximum Gasteiger partial charge on any atom is 0.255 e. The molecule has 0 aliphatic carbocycles. The van der Waals surface area contributed by atoms with Crippen LogP contribution in [0.15, 0.2) is 66.7 Å². The van der Waals surface area contributed by atoms with Gasteiger partial charge in [-0.2, -0.15) is 0 Å². The molecule has 148 valence electrons.